The first-order valence-corrected chi connectivity index (χ1v) is 3.55. The van der Waals surface area contributed by atoms with Crippen molar-refractivity contribution in [3.8, 4) is 6.07 Å². The van der Waals surface area contributed by atoms with E-state index in [1.165, 1.54) is 5.38 Å². The highest BCUT2D eigenvalue weighted by Crippen LogP contribution is 2.23. The molecule has 0 atom stereocenters. The number of hydrogen-bond acceptors (Lipinski definition) is 4. The van der Waals surface area contributed by atoms with Crippen molar-refractivity contribution in [2.24, 2.45) is 0 Å². The van der Waals surface area contributed by atoms with E-state index in [-0.39, 0.29) is 16.1 Å². The van der Waals surface area contributed by atoms with Crippen LogP contribution in [0, 0.1) is 11.3 Å². The van der Waals surface area contributed by atoms with Crippen LogP contribution in [0.4, 0.5) is 5.00 Å². The second-order valence-electron chi connectivity index (χ2n) is 1.81. The maximum absolute atomic E-state index is 10.4. The summed E-state index contributed by atoms with van der Waals surface area (Å²) in [6, 6.07) is 1.73. The summed E-state index contributed by atoms with van der Waals surface area (Å²) >= 11 is 1.06. The predicted molar refractivity (Wildman–Crippen MR) is 40.4 cm³/mol. The fourth-order valence-corrected chi connectivity index (χ4v) is 1.38. The van der Waals surface area contributed by atoms with Crippen molar-refractivity contribution in [2.45, 2.75) is 0 Å². The number of nitrogens with zero attached hydrogens (tertiary/aromatic N) is 1. The molecule has 0 unspecified atom stereocenters. The van der Waals surface area contributed by atoms with Crippen LogP contribution in [0.1, 0.15) is 15.9 Å². The predicted octanol–water partition coefficient (Wildman–Crippen LogP) is 0.900. The van der Waals surface area contributed by atoms with Gasteiger partial charge in [-0.2, -0.15) is 5.26 Å². The van der Waals surface area contributed by atoms with Gasteiger partial charge in [0.1, 0.15) is 16.6 Å². The molecule has 5 heteroatoms. The zero-order valence-corrected chi connectivity index (χ0v) is 6.18. The summed E-state index contributed by atoms with van der Waals surface area (Å²) in [7, 11) is 0. The van der Waals surface area contributed by atoms with Crippen LogP contribution < -0.4 is 5.73 Å². The fourth-order valence-electron chi connectivity index (χ4n) is 0.646. The number of nitrogens with two attached hydrogens (primary N) is 1. The smallest absolute Gasteiger partial charge is 0.337 e. The second kappa shape index (κ2) is 2.60. The molecule has 0 aliphatic carbocycles. The Hall–Kier alpha value is -1.54. The Labute approximate surface area is 66.5 Å². The van der Waals surface area contributed by atoms with Crippen molar-refractivity contribution >= 4 is 22.3 Å². The lowest BCUT2D eigenvalue weighted by Crippen LogP contribution is -1.97. The van der Waals surface area contributed by atoms with Crippen LogP contribution in [-0.2, 0) is 0 Å². The van der Waals surface area contributed by atoms with E-state index in [2.05, 4.69) is 0 Å². The molecule has 56 valence electrons. The molecule has 4 nitrogen and oxygen atoms in total. The highest BCUT2D eigenvalue weighted by molar-refractivity contribution is 7.14. The van der Waals surface area contributed by atoms with Crippen molar-refractivity contribution in [3.63, 3.8) is 0 Å². The lowest BCUT2D eigenvalue weighted by atomic mass is 10.2. The summed E-state index contributed by atoms with van der Waals surface area (Å²) in [6.45, 7) is 0. The number of anilines is 1. The van der Waals surface area contributed by atoms with Crippen LogP contribution in [0.3, 0.4) is 0 Å². The molecule has 0 saturated heterocycles. The van der Waals surface area contributed by atoms with Gasteiger partial charge in [0.2, 0.25) is 0 Å². The van der Waals surface area contributed by atoms with Crippen molar-refractivity contribution in [1.82, 2.24) is 0 Å². The monoisotopic (exact) mass is 168 g/mol. The van der Waals surface area contributed by atoms with Gasteiger partial charge in [-0.05, 0) is 0 Å². The van der Waals surface area contributed by atoms with E-state index in [1.807, 2.05) is 0 Å². The summed E-state index contributed by atoms with van der Waals surface area (Å²) in [4.78, 5) is 10.4. The van der Waals surface area contributed by atoms with Crippen molar-refractivity contribution in [3.05, 3.63) is 16.5 Å². The quantitative estimate of drug-likeness (QED) is 0.652. The molecule has 1 aromatic rings. The highest BCUT2D eigenvalue weighted by Gasteiger charge is 2.14. The fraction of sp³-hybridized carbons (Fsp3) is 0. The molecule has 0 aliphatic heterocycles. The molecule has 0 bridgehead atoms. The number of hydrogen-bond donors (Lipinski definition) is 2. The Kier molecular flexibility index (Phi) is 1.79. The minimum Gasteiger partial charge on any atom is -0.478 e. The van der Waals surface area contributed by atoms with Crippen LogP contribution >= 0.6 is 11.3 Å². The summed E-state index contributed by atoms with van der Waals surface area (Å²) in [5, 5.41) is 18.6. The molecule has 0 spiro atoms. The first kappa shape index (κ1) is 7.57. The van der Waals surface area contributed by atoms with Gasteiger partial charge in [0.25, 0.3) is 0 Å². The third-order valence-corrected chi connectivity index (χ3v) is 1.97. The van der Waals surface area contributed by atoms with E-state index < -0.39 is 5.97 Å². The summed E-state index contributed by atoms with van der Waals surface area (Å²) < 4.78 is 0. The molecular formula is C6H4N2O2S. The second-order valence-corrected chi connectivity index (χ2v) is 2.72. The number of nitriles is 1. The van der Waals surface area contributed by atoms with Gasteiger partial charge in [0, 0.05) is 5.38 Å². The normalized spacial score (nSPS) is 9.00. The first-order chi connectivity index (χ1) is 5.16. The lowest BCUT2D eigenvalue weighted by Gasteiger charge is -1.87. The van der Waals surface area contributed by atoms with E-state index in [4.69, 9.17) is 16.1 Å². The average molecular weight is 168 g/mol. The number of carboxylic acid groups (broad SMARTS) is 1. The number of carbonyl (C=O) groups is 1. The molecule has 0 fully saturated rings. The summed E-state index contributed by atoms with van der Waals surface area (Å²) in [5.74, 6) is -1.12. The van der Waals surface area contributed by atoms with Crippen molar-refractivity contribution < 1.29 is 9.90 Å². The Balaban J connectivity index is 3.30. The van der Waals surface area contributed by atoms with Crippen LogP contribution in [0.2, 0.25) is 0 Å². The molecule has 0 amide bonds. The Morgan fingerprint density at radius 1 is 1.82 bits per heavy atom. The molecule has 1 heterocycles. The minimum absolute atomic E-state index is 0.0185. The molecule has 11 heavy (non-hydrogen) atoms. The lowest BCUT2D eigenvalue weighted by molar-refractivity contribution is 0.0697. The minimum atomic E-state index is -1.12. The van der Waals surface area contributed by atoms with Gasteiger partial charge in [0.05, 0.1) is 5.56 Å². The summed E-state index contributed by atoms with van der Waals surface area (Å²) in [6.07, 6.45) is 0. The Morgan fingerprint density at radius 3 is 2.82 bits per heavy atom. The molecule has 1 rings (SSSR count). The zero-order chi connectivity index (χ0) is 8.43. The van der Waals surface area contributed by atoms with Gasteiger partial charge in [-0.15, -0.1) is 11.3 Å². The van der Waals surface area contributed by atoms with Gasteiger partial charge in [-0.3, -0.25) is 0 Å². The average Bonchev–Trinajstić information content (AvgIpc) is 2.30. The van der Waals surface area contributed by atoms with Gasteiger partial charge in [-0.25, -0.2) is 4.79 Å². The number of carboxylic acids is 1. The molecule has 0 radical (unpaired) electrons. The largest absolute Gasteiger partial charge is 0.478 e. The molecule has 3 N–H and O–H groups in total. The Bertz CT molecular complexity index is 337. The van der Waals surface area contributed by atoms with E-state index in [9.17, 15) is 4.79 Å². The van der Waals surface area contributed by atoms with E-state index in [1.54, 1.807) is 6.07 Å². The van der Waals surface area contributed by atoms with Crippen LogP contribution in [0.5, 0.6) is 0 Å². The maximum Gasteiger partial charge on any atom is 0.337 e. The van der Waals surface area contributed by atoms with E-state index in [0.717, 1.165) is 11.3 Å². The van der Waals surface area contributed by atoms with Gasteiger partial charge in [0.15, 0.2) is 0 Å². The van der Waals surface area contributed by atoms with Crippen LogP contribution in [-0.4, -0.2) is 11.1 Å². The molecular weight excluding hydrogens is 164 g/mol. The first-order valence-electron chi connectivity index (χ1n) is 2.67. The van der Waals surface area contributed by atoms with Crippen LogP contribution in [0.15, 0.2) is 5.38 Å². The Morgan fingerprint density at radius 2 is 2.45 bits per heavy atom. The van der Waals surface area contributed by atoms with Gasteiger partial charge >= 0.3 is 5.97 Å². The number of nitrogen functional groups attached to an aromatic ring is 1. The molecule has 1 aromatic heterocycles. The number of aromatic carboxylic acids is 1. The van der Waals surface area contributed by atoms with E-state index in [0.29, 0.717) is 0 Å². The van der Waals surface area contributed by atoms with Gasteiger partial charge < -0.3 is 10.8 Å². The highest BCUT2D eigenvalue weighted by atomic mass is 32.1. The number of rotatable bonds is 1. The topological polar surface area (TPSA) is 87.1 Å². The molecule has 0 aromatic carbocycles. The van der Waals surface area contributed by atoms with Crippen LogP contribution in [0.25, 0.3) is 0 Å². The van der Waals surface area contributed by atoms with Gasteiger partial charge in [-0.1, -0.05) is 0 Å². The maximum atomic E-state index is 10.4. The molecule has 0 aliphatic rings. The number of thiophene rings is 1. The third-order valence-electron chi connectivity index (χ3n) is 1.16. The molecule has 0 saturated carbocycles. The van der Waals surface area contributed by atoms with Crippen molar-refractivity contribution in [1.29, 1.82) is 5.26 Å². The zero-order valence-electron chi connectivity index (χ0n) is 5.37. The van der Waals surface area contributed by atoms with Crippen molar-refractivity contribution in [2.75, 3.05) is 5.73 Å². The third kappa shape index (κ3) is 1.16. The summed E-state index contributed by atoms with van der Waals surface area (Å²) in [5.41, 5.74) is 5.36. The van der Waals surface area contributed by atoms with E-state index >= 15 is 0 Å². The standard InChI is InChI=1S/C6H4N2O2S/c7-1-3-4(6(9)10)2-11-5(3)8/h2H,8H2,(H,9,10). The SMILES string of the molecule is N#Cc1c(C(=O)O)csc1N.